The molecule has 0 aliphatic heterocycles. The molecule has 0 spiro atoms. The van der Waals surface area contributed by atoms with Crippen LogP contribution in [0.1, 0.15) is 104 Å². The van der Waals surface area contributed by atoms with Crippen LogP contribution in [0.15, 0.2) is 0 Å². The zero-order valence-corrected chi connectivity index (χ0v) is 16.3. The van der Waals surface area contributed by atoms with Crippen molar-refractivity contribution in [3.05, 3.63) is 0 Å². The van der Waals surface area contributed by atoms with Crippen LogP contribution in [0.2, 0.25) is 0 Å². The van der Waals surface area contributed by atoms with Gasteiger partial charge >= 0.3 is 11.9 Å². The van der Waals surface area contributed by atoms with Crippen LogP contribution in [0.5, 0.6) is 0 Å². The molecule has 1 aliphatic carbocycles. The number of carboxylic acids is 1. The average molecular weight is 355 g/mol. The van der Waals surface area contributed by atoms with Crippen molar-refractivity contribution in [2.45, 2.75) is 110 Å². The van der Waals surface area contributed by atoms with Crippen molar-refractivity contribution in [1.29, 1.82) is 0 Å². The summed E-state index contributed by atoms with van der Waals surface area (Å²) in [5, 5.41) is 9.35. The Hall–Kier alpha value is -1.06. The van der Waals surface area contributed by atoms with Crippen molar-refractivity contribution >= 4 is 11.9 Å². The highest BCUT2D eigenvalue weighted by atomic mass is 16.5. The van der Waals surface area contributed by atoms with Crippen molar-refractivity contribution < 1.29 is 19.4 Å². The molecule has 1 N–H and O–H groups in total. The minimum Gasteiger partial charge on any atom is -0.481 e. The largest absolute Gasteiger partial charge is 0.481 e. The van der Waals surface area contributed by atoms with Crippen molar-refractivity contribution in [3.63, 3.8) is 0 Å². The molecule has 0 bridgehead atoms. The standard InChI is InChI=1S/C21H38O4/c1-3-17(2)25-21(24)19(20(22)23)16-12-15-18-13-10-8-6-4-5-7-9-11-14-18/h17-19H,3-16H2,1-2H3,(H,22,23). The number of rotatable bonds is 8. The summed E-state index contributed by atoms with van der Waals surface area (Å²) < 4.78 is 5.23. The van der Waals surface area contributed by atoms with Gasteiger partial charge in [0.2, 0.25) is 0 Å². The van der Waals surface area contributed by atoms with Gasteiger partial charge in [0.15, 0.2) is 5.92 Å². The third-order valence-electron chi connectivity index (χ3n) is 5.55. The zero-order chi connectivity index (χ0) is 18.5. The van der Waals surface area contributed by atoms with Gasteiger partial charge in [-0.05, 0) is 25.7 Å². The molecule has 0 aromatic carbocycles. The molecule has 0 amide bonds. The van der Waals surface area contributed by atoms with E-state index in [1.807, 2.05) is 6.92 Å². The highest BCUT2D eigenvalue weighted by molar-refractivity contribution is 5.93. The Morgan fingerprint density at radius 2 is 1.52 bits per heavy atom. The molecule has 1 rings (SSSR count). The number of esters is 1. The Labute approximate surface area is 153 Å². The minimum atomic E-state index is -1.05. The summed E-state index contributed by atoms with van der Waals surface area (Å²) in [5.41, 5.74) is 0. The fourth-order valence-electron chi connectivity index (χ4n) is 3.68. The summed E-state index contributed by atoms with van der Waals surface area (Å²) in [7, 11) is 0. The lowest BCUT2D eigenvalue weighted by molar-refractivity contribution is -0.162. The first kappa shape index (κ1) is 22.0. The van der Waals surface area contributed by atoms with Gasteiger partial charge in [-0.2, -0.15) is 0 Å². The Balaban J connectivity index is 2.40. The molecule has 0 aromatic rings. The van der Waals surface area contributed by atoms with Crippen LogP contribution in [0.4, 0.5) is 0 Å². The highest BCUT2D eigenvalue weighted by Gasteiger charge is 2.28. The van der Waals surface area contributed by atoms with Gasteiger partial charge < -0.3 is 9.84 Å². The topological polar surface area (TPSA) is 63.6 Å². The second-order valence-electron chi connectivity index (χ2n) is 7.75. The molecule has 0 aromatic heterocycles. The van der Waals surface area contributed by atoms with Crippen LogP contribution in [-0.4, -0.2) is 23.1 Å². The number of aliphatic carboxylic acids is 1. The van der Waals surface area contributed by atoms with Gasteiger partial charge in [0.1, 0.15) is 0 Å². The second kappa shape index (κ2) is 13.2. The maximum atomic E-state index is 12.1. The fraction of sp³-hybridized carbons (Fsp3) is 0.905. The van der Waals surface area contributed by atoms with Crippen LogP contribution in [-0.2, 0) is 14.3 Å². The van der Waals surface area contributed by atoms with E-state index < -0.39 is 17.9 Å². The summed E-state index contributed by atoms with van der Waals surface area (Å²) in [6, 6.07) is 0. The maximum absolute atomic E-state index is 12.1. The summed E-state index contributed by atoms with van der Waals surface area (Å²) in [6.45, 7) is 3.73. The Bertz CT molecular complexity index is 368. The molecule has 0 heterocycles. The van der Waals surface area contributed by atoms with Gasteiger partial charge in [0.05, 0.1) is 6.10 Å². The molecular weight excluding hydrogens is 316 g/mol. The minimum absolute atomic E-state index is 0.212. The first-order valence-corrected chi connectivity index (χ1v) is 10.5. The van der Waals surface area contributed by atoms with Crippen LogP contribution in [0.3, 0.4) is 0 Å². The monoisotopic (exact) mass is 354 g/mol. The molecule has 0 radical (unpaired) electrons. The SMILES string of the molecule is CCC(C)OC(=O)C(CCCC1CCCCCCCCCC1)C(=O)O. The third-order valence-corrected chi connectivity index (χ3v) is 5.55. The van der Waals surface area contributed by atoms with Crippen molar-refractivity contribution in [1.82, 2.24) is 0 Å². The average Bonchev–Trinajstić information content (AvgIpc) is 2.64. The molecule has 2 atom stereocenters. The number of carboxylic acid groups (broad SMARTS) is 1. The Morgan fingerprint density at radius 1 is 1.00 bits per heavy atom. The van der Waals surface area contributed by atoms with E-state index in [0.717, 1.165) is 12.8 Å². The van der Waals surface area contributed by atoms with Crippen LogP contribution in [0.25, 0.3) is 0 Å². The third kappa shape index (κ3) is 9.86. The van der Waals surface area contributed by atoms with E-state index in [4.69, 9.17) is 4.74 Å². The molecule has 25 heavy (non-hydrogen) atoms. The van der Waals surface area contributed by atoms with Gasteiger partial charge in [-0.25, -0.2) is 0 Å². The number of ether oxygens (including phenoxy) is 1. The number of carbonyl (C=O) groups is 2. The van der Waals surface area contributed by atoms with Gasteiger partial charge in [-0.15, -0.1) is 0 Å². The molecule has 0 saturated heterocycles. The summed E-state index contributed by atoms with van der Waals surface area (Å²) in [6.07, 6.45) is 16.0. The molecule has 1 aliphatic rings. The van der Waals surface area contributed by atoms with Crippen LogP contribution < -0.4 is 0 Å². The predicted molar refractivity (Wildman–Crippen MR) is 100 cm³/mol. The molecule has 146 valence electrons. The van der Waals surface area contributed by atoms with Gasteiger partial charge in [-0.3, -0.25) is 9.59 Å². The summed E-state index contributed by atoms with van der Waals surface area (Å²) in [5.74, 6) is -1.92. The first-order valence-electron chi connectivity index (χ1n) is 10.5. The van der Waals surface area contributed by atoms with Crippen molar-refractivity contribution in [3.8, 4) is 0 Å². The van der Waals surface area contributed by atoms with E-state index in [2.05, 4.69) is 0 Å². The highest BCUT2D eigenvalue weighted by Crippen LogP contribution is 2.26. The van der Waals surface area contributed by atoms with Crippen molar-refractivity contribution in [2.24, 2.45) is 11.8 Å². The normalized spacial score (nSPS) is 20.2. The number of hydrogen-bond donors (Lipinski definition) is 1. The van der Waals surface area contributed by atoms with E-state index in [9.17, 15) is 14.7 Å². The first-order chi connectivity index (χ1) is 12.0. The quantitative estimate of drug-likeness (QED) is 0.446. The molecule has 4 heteroatoms. The second-order valence-corrected chi connectivity index (χ2v) is 7.75. The lowest BCUT2D eigenvalue weighted by atomic mass is 9.89. The number of carbonyl (C=O) groups excluding carboxylic acids is 1. The zero-order valence-electron chi connectivity index (χ0n) is 16.3. The Kier molecular flexibility index (Phi) is 11.6. The van der Waals surface area contributed by atoms with E-state index in [0.29, 0.717) is 18.8 Å². The smallest absolute Gasteiger partial charge is 0.320 e. The van der Waals surface area contributed by atoms with E-state index in [-0.39, 0.29) is 6.10 Å². The predicted octanol–water partition coefficient (Wildman–Crippen LogP) is 5.73. The lowest BCUT2D eigenvalue weighted by Gasteiger charge is -2.19. The molecule has 1 saturated carbocycles. The summed E-state index contributed by atoms with van der Waals surface area (Å²) >= 11 is 0. The molecule has 1 fully saturated rings. The lowest BCUT2D eigenvalue weighted by Crippen LogP contribution is -2.28. The summed E-state index contributed by atoms with van der Waals surface area (Å²) in [4.78, 5) is 23.5. The van der Waals surface area contributed by atoms with Gasteiger partial charge in [0.25, 0.3) is 0 Å². The van der Waals surface area contributed by atoms with E-state index >= 15 is 0 Å². The van der Waals surface area contributed by atoms with Gasteiger partial charge in [0, 0.05) is 0 Å². The van der Waals surface area contributed by atoms with Gasteiger partial charge in [-0.1, -0.05) is 84.0 Å². The van der Waals surface area contributed by atoms with E-state index in [1.54, 1.807) is 6.92 Å². The fourth-order valence-corrected chi connectivity index (χ4v) is 3.68. The number of hydrogen-bond acceptors (Lipinski definition) is 3. The van der Waals surface area contributed by atoms with E-state index in [1.165, 1.54) is 64.2 Å². The Morgan fingerprint density at radius 3 is 2.00 bits per heavy atom. The molecule has 4 nitrogen and oxygen atoms in total. The molecule has 2 unspecified atom stereocenters. The maximum Gasteiger partial charge on any atom is 0.320 e. The van der Waals surface area contributed by atoms with Crippen LogP contribution >= 0.6 is 0 Å². The van der Waals surface area contributed by atoms with Crippen LogP contribution in [0, 0.1) is 11.8 Å². The van der Waals surface area contributed by atoms with Crippen molar-refractivity contribution in [2.75, 3.05) is 0 Å². The molecular formula is C21H38O4.